The van der Waals surface area contributed by atoms with Gasteiger partial charge in [0.25, 0.3) is 5.91 Å². The van der Waals surface area contributed by atoms with E-state index in [4.69, 9.17) is 4.74 Å². The van der Waals surface area contributed by atoms with Gasteiger partial charge in [0.05, 0.1) is 6.61 Å². The molecule has 0 aromatic rings. The van der Waals surface area contributed by atoms with Crippen molar-refractivity contribution in [1.82, 2.24) is 4.90 Å². The highest BCUT2D eigenvalue weighted by molar-refractivity contribution is 5.96. The van der Waals surface area contributed by atoms with Crippen LogP contribution in [0, 0.1) is 5.41 Å². The molecule has 0 spiro atoms. The van der Waals surface area contributed by atoms with E-state index in [9.17, 15) is 14.7 Å². The maximum atomic E-state index is 12.0. The lowest BCUT2D eigenvalue weighted by atomic mass is 9.94. The van der Waals surface area contributed by atoms with E-state index in [0.29, 0.717) is 23.3 Å². The van der Waals surface area contributed by atoms with Crippen LogP contribution in [-0.4, -0.2) is 41.3 Å². The second-order valence-electron chi connectivity index (χ2n) is 6.14. The molecule has 0 radical (unpaired) electrons. The molecular weight excluding hydrogens is 258 g/mol. The van der Waals surface area contributed by atoms with Gasteiger partial charge >= 0.3 is 5.97 Å². The fraction of sp³-hybridized carbons (Fsp3) is 0.600. The molecule has 0 bridgehead atoms. The summed E-state index contributed by atoms with van der Waals surface area (Å²) in [4.78, 5) is 24.8. The molecular formula is C15H23NO4. The molecule has 5 heteroatoms. The zero-order valence-electron chi connectivity index (χ0n) is 12.8. The predicted molar refractivity (Wildman–Crippen MR) is 75.6 cm³/mol. The lowest BCUT2D eigenvalue weighted by Crippen LogP contribution is -2.43. The number of amides is 1. The molecule has 1 atom stereocenters. The van der Waals surface area contributed by atoms with Gasteiger partial charge in [-0.2, -0.15) is 0 Å². The van der Waals surface area contributed by atoms with Gasteiger partial charge in [0.2, 0.25) is 0 Å². The lowest BCUT2D eigenvalue weighted by Gasteiger charge is -2.32. The summed E-state index contributed by atoms with van der Waals surface area (Å²) in [6.45, 7) is 12.8. The Morgan fingerprint density at radius 1 is 1.45 bits per heavy atom. The molecule has 1 unspecified atom stereocenters. The molecule has 1 amide bonds. The first-order chi connectivity index (χ1) is 9.07. The van der Waals surface area contributed by atoms with Crippen LogP contribution >= 0.6 is 0 Å². The monoisotopic (exact) mass is 281 g/mol. The van der Waals surface area contributed by atoms with Crippen molar-refractivity contribution in [2.75, 3.05) is 13.2 Å². The lowest BCUT2D eigenvalue weighted by molar-refractivity contribution is -0.144. The van der Waals surface area contributed by atoms with E-state index in [2.05, 4.69) is 6.58 Å². The Bertz CT molecular complexity index is 476. The van der Waals surface area contributed by atoms with Crippen LogP contribution in [0.15, 0.2) is 23.3 Å². The van der Waals surface area contributed by atoms with Gasteiger partial charge in [-0.25, -0.2) is 4.79 Å². The Hall–Kier alpha value is -1.62. The van der Waals surface area contributed by atoms with E-state index in [1.165, 1.54) is 4.90 Å². The fourth-order valence-electron chi connectivity index (χ4n) is 1.97. The van der Waals surface area contributed by atoms with E-state index >= 15 is 0 Å². The average Bonchev–Trinajstić information content (AvgIpc) is 2.53. The van der Waals surface area contributed by atoms with Crippen molar-refractivity contribution in [3.05, 3.63) is 23.3 Å². The fourth-order valence-corrected chi connectivity index (χ4v) is 1.97. The minimum Gasteiger partial charge on any atom is -0.462 e. The summed E-state index contributed by atoms with van der Waals surface area (Å²) in [7, 11) is 0. The van der Waals surface area contributed by atoms with Crippen molar-refractivity contribution in [2.24, 2.45) is 5.41 Å². The molecule has 0 fully saturated rings. The molecule has 20 heavy (non-hydrogen) atoms. The molecule has 5 nitrogen and oxygen atoms in total. The van der Waals surface area contributed by atoms with Crippen LogP contribution < -0.4 is 0 Å². The number of rotatable bonds is 5. The van der Waals surface area contributed by atoms with Crippen LogP contribution in [0.3, 0.4) is 0 Å². The van der Waals surface area contributed by atoms with E-state index in [-0.39, 0.29) is 12.5 Å². The van der Waals surface area contributed by atoms with Gasteiger partial charge in [0.15, 0.2) is 6.23 Å². The number of aliphatic hydroxyl groups excluding tert-OH is 1. The van der Waals surface area contributed by atoms with Crippen LogP contribution in [0.2, 0.25) is 0 Å². The maximum Gasteiger partial charge on any atom is 0.333 e. The third-order valence-electron chi connectivity index (χ3n) is 3.40. The third-order valence-corrected chi connectivity index (χ3v) is 3.40. The molecule has 1 N–H and O–H groups in total. The Labute approximate surface area is 119 Å². The summed E-state index contributed by atoms with van der Waals surface area (Å²) >= 11 is 0. The van der Waals surface area contributed by atoms with Crippen LogP contribution in [0.5, 0.6) is 0 Å². The van der Waals surface area contributed by atoms with Crippen molar-refractivity contribution in [1.29, 1.82) is 0 Å². The Morgan fingerprint density at radius 3 is 2.40 bits per heavy atom. The van der Waals surface area contributed by atoms with Gasteiger partial charge in [-0.1, -0.05) is 20.4 Å². The highest BCUT2D eigenvalue weighted by Crippen LogP contribution is 2.28. The molecule has 1 rings (SSSR count). The zero-order valence-corrected chi connectivity index (χ0v) is 12.8. The maximum absolute atomic E-state index is 12.0. The molecule has 0 aromatic carbocycles. The summed E-state index contributed by atoms with van der Waals surface area (Å²) in [6, 6.07) is 0. The average molecular weight is 281 g/mol. The van der Waals surface area contributed by atoms with E-state index in [1.54, 1.807) is 20.8 Å². The van der Waals surface area contributed by atoms with Gasteiger partial charge in [0, 0.05) is 23.1 Å². The van der Waals surface area contributed by atoms with Crippen molar-refractivity contribution in [3.63, 3.8) is 0 Å². The highest BCUT2D eigenvalue weighted by Gasteiger charge is 2.37. The molecule has 0 aliphatic carbocycles. The number of aliphatic hydroxyl groups is 1. The molecule has 112 valence electrons. The van der Waals surface area contributed by atoms with Crippen LogP contribution in [0.4, 0.5) is 0 Å². The number of ether oxygens (including phenoxy) is 1. The van der Waals surface area contributed by atoms with Gasteiger partial charge in [-0.15, -0.1) is 0 Å². The normalized spacial score (nSPS) is 19.6. The number of hydrogen-bond donors (Lipinski definition) is 1. The first kappa shape index (κ1) is 16.4. The zero-order chi connectivity index (χ0) is 15.7. The van der Waals surface area contributed by atoms with Gasteiger partial charge < -0.3 is 14.7 Å². The standard InChI is InChI=1S/C15H23NO4/c1-9(2)14(19)20-8-15(5,6)7-16-12(17)10(3)11(4)13(16)18/h12,17H,1,7-8H2,2-6H3. The largest absolute Gasteiger partial charge is 0.462 e. The van der Waals surface area contributed by atoms with E-state index in [1.807, 2.05) is 13.8 Å². The van der Waals surface area contributed by atoms with Gasteiger partial charge in [-0.05, 0) is 26.3 Å². The van der Waals surface area contributed by atoms with Gasteiger partial charge in [-0.3, -0.25) is 4.79 Å². The summed E-state index contributed by atoms with van der Waals surface area (Å²) in [5.41, 5.74) is 1.13. The quantitative estimate of drug-likeness (QED) is 0.614. The summed E-state index contributed by atoms with van der Waals surface area (Å²) in [5.74, 6) is -0.619. The highest BCUT2D eigenvalue weighted by atomic mass is 16.5. The SMILES string of the molecule is C=C(C)C(=O)OCC(C)(C)CN1C(=O)C(C)=C(C)C1O. The van der Waals surface area contributed by atoms with E-state index in [0.717, 1.165) is 0 Å². The Morgan fingerprint density at radius 2 is 2.00 bits per heavy atom. The number of hydrogen-bond acceptors (Lipinski definition) is 4. The summed E-state index contributed by atoms with van der Waals surface area (Å²) < 4.78 is 5.13. The summed E-state index contributed by atoms with van der Waals surface area (Å²) in [6.07, 6.45) is -0.890. The minimum absolute atomic E-state index is 0.160. The molecule has 1 heterocycles. The predicted octanol–water partition coefficient (Wildman–Crippen LogP) is 1.63. The number of nitrogens with zero attached hydrogens (tertiary/aromatic N) is 1. The van der Waals surface area contributed by atoms with E-state index < -0.39 is 17.6 Å². The van der Waals surface area contributed by atoms with Crippen molar-refractivity contribution in [2.45, 2.75) is 40.8 Å². The third kappa shape index (κ3) is 3.48. The summed E-state index contributed by atoms with van der Waals surface area (Å²) in [5, 5.41) is 10.1. The Balaban J connectivity index is 2.66. The molecule has 0 saturated heterocycles. The number of carbonyl (C=O) groups excluding carboxylic acids is 2. The van der Waals surface area contributed by atoms with Crippen molar-refractivity contribution >= 4 is 11.9 Å². The first-order valence-corrected chi connectivity index (χ1v) is 6.56. The van der Waals surface area contributed by atoms with Crippen LogP contribution in [0.1, 0.15) is 34.6 Å². The second-order valence-corrected chi connectivity index (χ2v) is 6.14. The molecule has 1 aliphatic heterocycles. The second kappa shape index (κ2) is 5.79. The van der Waals surface area contributed by atoms with Crippen molar-refractivity contribution < 1.29 is 19.4 Å². The molecule has 1 aliphatic rings. The molecule has 0 saturated carbocycles. The number of esters is 1. The molecule has 0 aromatic heterocycles. The smallest absolute Gasteiger partial charge is 0.333 e. The number of carbonyl (C=O) groups is 2. The van der Waals surface area contributed by atoms with Crippen molar-refractivity contribution in [3.8, 4) is 0 Å². The first-order valence-electron chi connectivity index (χ1n) is 6.56. The Kier molecular flexibility index (Phi) is 4.76. The minimum atomic E-state index is -0.890. The van der Waals surface area contributed by atoms with Crippen LogP contribution in [0.25, 0.3) is 0 Å². The topological polar surface area (TPSA) is 66.8 Å². The van der Waals surface area contributed by atoms with Crippen LogP contribution in [-0.2, 0) is 14.3 Å². The van der Waals surface area contributed by atoms with Gasteiger partial charge in [0.1, 0.15) is 0 Å².